The Labute approximate surface area is 172 Å². The number of carbonyl (C=O) groups excluding carboxylic acids is 2. The summed E-state index contributed by atoms with van der Waals surface area (Å²) < 4.78 is 4.59. The van der Waals surface area contributed by atoms with Crippen molar-refractivity contribution in [2.75, 3.05) is 12.4 Å². The topological polar surface area (TPSA) is 94.3 Å². The maximum absolute atomic E-state index is 12.3. The Morgan fingerprint density at radius 3 is 2.18 bits per heavy atom. The van der Waals surface area contributed by atoms with Crippen LogP contribution >= 0.6 is 11.6 Å². The van der Waals surface area contributed by atoms with E-state index >= 15 is 0 Å². The number of benzene rings is 1. The monoisotopic (exact) mass is 407 g/mol. The van der Waals surface area contributed by atoms with E-state index in [1.807, 2.05) is 27.7 Å². The first-order valence-electron chi connectivity index (χ1n) is 9.27. The Bertz CT molecular complexity index is 749. The number of hydrogen-bond acceptors (Lipinski definition) is 5. The summed E-state index contributed by atoms with van der Waals surface area (Å²) in [5, 5.41) is 3.13. The third-order valence-electron chi connectivity index (χ3n) is 3.47. The lowest BCUT2D eigenvalue weighted by molar-refractivity contribution is -0.142. The number of halogens is 1. The molecule has 0 fully saturated rings. The molecule has 3 N–H and O–H groups in total. The van der Waals surface area contributed by atoms with Crippen LogP contribution in [0.25, 0.3) is 0 Å². The highest BCUT2D eigenvalue weighted by Gasteiger charge is 2.14. The number of aromatic nitrogens is 1. The predicted octanol–water partition coefficient (Wildman–Crippen LogP) is 4.39. The number of esters is 1. The normalized spacial score (nSPS) is 10.4. The molecule has 0 aliphatic carbocycles. The summed E-state index contributed by atoms with van der Waals surface area (Å²) in [6, 6.07) is 9.57. The molecule has 7 heteroatoms. The van der Waals surface area contributed by atoms with Crippen LogP contribution in [0.3, 0.4) is 0 Å². The molecular weight excluding hydrogens is 378 g/mol. The fourth-order valence-corrected chi connectivity index (χ4v) is 2.37. The summed E-state index contributed by atoms with van der Waals surface area (Å²) in [5.74, 6) is -0.728. The average Bonchev–Trinajstić information content (AvgIpc) is 2.71. The summed E-state index contributed by atoms with van der Waals surface area (Å²) in [6.07, 6.45) is 0.362. The third-order valence-corrected chi connectivity index (χ3v) is 3.68. The Hall–Kier alpha value is -2.44. The van der Waals surface area contributed by atoms with E-state index in [-0.39, 0.29) is 5.91 Å². The number of nitrogens with two attached hydrogens (primary N) is 1. The maximum atomic E-state index is 12.3. The van der Waals surface area contributed by atoms with Gasteiger partial charge in [-0.15, -0.1) is 0 Å². The molecule has 28 heavy (non-hydrogen) atoms. The zero-order valence-corrected chi connectivity index (χ0v) is 18.1. The van der Waals surface area contributed by atoms with E-state index in [0.717, 1.165) is 5.56 Å². The maximum Gasteiger partial charge on any atom is 0.322 e. The molecule has 0 aliphatic heterocycles. The highest BCUT2D eigenvalue weighted by molar-refractivity contribution is 6.29. The van der Waals surface area contributed by atoms with Gasteiger partial charge in [-0.25, -0.2) is 4.98 Å². The van der Waals surface area contributed by atoms with Crippen LogP contribution in [0.4, 0.5) is 5.69 Å². The fourth-order valence-electron chi connectivity index (χ4n) is 2.18. The minimum absolute atomic E-state index is 0.268. The van der Waals surface area contributed by atoms with Gasteiger partial charge < -0.3 is 15.8 Å². The number of pyridine rings is 1. The van der Waals surface area contributed by atoms with Crippen LogP contribution in [0.15, 0.2) is 36.4 Å². The number of ether oxygens (including phenoxy) is 1. The van der Waals surface area contributed by atoms with E-state index in [1.165, 1.54) is 7.11 Å². The lowest BCUT2D eigenvalue weighted by Gasteiger charge is -2.11. The van der Waals surface area contributed by atoms with Crippen molar-refractivity contribution in [3.8, 4) is 0 Å². The van der Waals surface area contributed by atoms with Crippen molar-refractivity contribution >= 4 is 29.2 Å². The molecule has 154 valence electrons. The van der Waals surface area contributed by atoms with Crippen LogP contribution in [0, 0.1) is 6.92 Å². The van der Waals surface area contributed by atoms with E-state index < -0.39 is 12.0 Å². The average molecular weight is 408 g/mol. The van der Waals surface area contributed by atoms with Gasteiger partial charge in [-0.2, -0.15) is 0 Å². The summed E-state index contributed by atoms with van der Waals surface area (Å²) in [7, 11) is 1.30. The second kappa shape index (κ2) is 13.7. The number of methoxy groups -OCH3 is 1. The van der Waals surface area contributed by atoms with Gasteiger partial charge in [0.05, 0.1) is 18.4 Å². The van der Waals surface area contributed by atoms with Crippen molar-refractivity contribution in [1.29, 1.82) is 0 Å². The van der Waals surface area contributed by atoms with Crippen molar-refractivity contribution in [2.45, 2.75) is 47.1 Å². The summed E-state index contributed by atoms with van der Waals surface area (Å²) in [4.78, 5) is 27.6. The van der Waals surface area contributed by atoms with Crippen LogP contribution < -0.4 is 11.1 Å². The summed E-state index contributed by atoms with van der Waals surface area (Å²) >= 11 is 5.79. The highest BCUT2D eigenvalue weighted by Crippen LogP contribution is 2.15. The number of rotatable bonds is 5. The molecule has 1 atom stereocenters. The molecular formula is C21H30ClN3O3. The van der Waals surface area contributed by atoms with Crippen molar-refractivity contribution in [2.24, 2.45) is 5.73 Å². The SMILES string of the molecule is CC.CC.COC(=O)C(N)Cc1ccc(NC(=O)c2ccc(Cl)nc2C)cc1. The molecule has 0 saturated carbocycles. The first-order valence-corrected chi connectivity index (χ1v) is 9.65. The molecule has 2 aromatic rings. The standard InChI is InChI=1S/C17H18ClN3O3.2C2H6/c1-10-13(7-8-15(18)20-10)16(22)21-12-5-3-11(4-6-12)9-14(19)17(23)24-2;2*1-2/h3-8,14H,9,19H2,1-2H3,(H,21,22);2*1-2H3. The minimum Gasteiger partial charge on any atom is -0.468 e. The van der Waals surface area contributed by atoms with Crippen molar-refractivity contribution in [3.63, 3.8) is 0 Å². The Balaban J connectivity index is 0.00000171. The molecule has 1 heterocycles. The van der Waals surface area contributed by atoms with Gasteiger partial charge in [0.2, 0.25) is 0 Å². The Morgan fingerprint density at radius 1 is 1.11 bits per heavy atom. The number of aryl methyl sites for hydroxylation is 1. The molecule has 0 bridgehead atoms. The molecule has 1 amide bonds. The molecule has 1 aromatic heterocycles. The van der Waals surface area contributed by atoms with Crippen LogP contribution in [0.1, 0.15) is 49.3 Å². The Morgan fingerprint density at radius 2 is 1.68 bits per heavy atom. The van der Waals surface area contributed by atoms with Gasteiger partial charge in [-0.1, -0.05) is 51.4 Å². The second-order valence-electron chi connectivity index (χ2n) is 5.25. The molecule has 1 aromatic carbocycles. The van der Waals surface area contributed by atoms with Crippen molar-refractivity contribution < 1.29 is 14.3 Å². The van der Waals surface area contributed by atoms with Crippen LogP contribution in [0.5, 0.6) is 0 Å². The number of hydrogen-bond donors (Lipinski definition) is 2. The second-order valence-corrected chi connectivity index (χ2v) is 5.64. The van der Waals surface area contributed by atoms with Crippen molar-refractivity contribution in [3.05, 3.63) is 58.4 Å². The summed E-state index contributed by atoms with van der Waals surface area (Å²) in [6.45, 7) is 9.72. The van der Waals surface area contributed by atoms with Gasteiger partial charge in [0.1, 0.15) is 11.2 Å². The predicted molar refractivity (Wildman–Crippen MR) is 115 cm³/mol. The first kappa shape index (κ1) is 25.6. The number of carbonyl (C=O) groups is 2. The fraction of sp³-hybridized carbons (Fsp3) is 0.381. The van der Waals surface area contributed by atoms with E-state index in [9.17, 15) is 9.59 Å². The van der Waals surface area contributed by atoms with Crippen LogP contribution in [-0.4, -0.2) is 30.0 Å². The molecule has 6 nitrogen and oxygen atoms in total. The molecule has 0 spiro atoms. The van der Waals surface area contributed by atoms with Gasteiger partial charge >= 0.3 is 5.97 Å². The molecule has 2 rings (SSSR count). The van der Waals surface area contributed by atoms with Crippen LogP contribution in [-0.2, 0) is 16.0 Å². The summed E-state index contributed by atoms with van der Waals surface area (Å²) in [5.41, 5.74) is 8.23. The van der Waals surface area contributed by atoms with Gasteiger partial charge in [-0.3, -0.25) is 9.59 Å². The van der Waals surface area contributed by atoms with E-state index in [2.05, 4.69) is 15.0 Å². The van der Waals surface area contributed by atoms with Gasteiger partial charge in [0, 0.05) is 5.69 Å². The smallest absolute Gasteiger partial charge is 0.322 e. The van der Waals surface area contributed by atoms with Gasteiger partial charge in [-0.05, 0) is 43.2 Å². The highest BCUT2D eigenvalue weighted by atomic mass is 35.5. The zero-order chi connectivity index (χ0) is 21.7. The van der Waals surface area contributed by atoms with E-state index in [4.69, 9.17) is 17.3 Å². The van der Waals surface area contributed by atoms with Gasteiger partial charge in [0.15, 0.2) is 0 Å². The third kappa shape index (κ3) is 8.06. The lowest BCUT2D eigenvalue weighted by atomic mass is 10.1. The molecule has 1 unspecified atom stereocenters. The largest absolute Gasteiger partial charge is 0.468 e. The van der Waals surface area contributed by atoms with E-state index in [0.29, 0.717) is 28.5 Å². The number of anilines is 1. The van der Waals surface area contributed by atoms with Gasteiger partial charge in [0.25, 0.3) is 5.91 Å². The zero-order valence-electron chi connectivity index (χ0n) is 17.4. The number of amides is 1. The number of nitrogens with one attached hydrogen (secondary N) is 1. The molecule has 0 saturated heterocycles. The Kier molecular flexibility index (Phi) is 12.5. The lowest BCUT2D eigenvalue weighted by Crippen LogP contribution is -2.33. The quantitative estimate of drug-likeness (QED) is 0.566. The molecule has 0 radical (unpaired) electrons. The van der Waals surface area contributed by atoms with Crippen molar-refractivity contribution in [1.82, 2.24) is 4.98 Å². The van der Waals surface area contributed by atoms with E-state index in [1.54, 1.807) is 43.3 Å². The van der Waals surface area contributed by atoms with Crippen LogP contribution in [0.2, 0.25) is 5.15 Å². The number of nitrogens with zero attached hydrogens (tertiary/aromatic N) is 1. The molecule has 0 aliphatic rings. The first-order chi connectivity index (χ1) is 13.4. The minimum atomic E-state index is -0.710.